The summed E-state index contributed by atoms with van der Waals surface area (Å²) in [5.41, 5.74) is 6.89. The van der Waals surface area contributed by atoms with Crippen molar-refractivity contribution < 1.29 is 4.79 Å². The second kappa shape index (κ2) is 6.89. The SMILES string of the molecule is Cc1cc(C)c(-c2cc(C(=O)NCc3ccccn3)nn2C)c(C)c1. The molecule has 0 aliphatic rings. The minimum absolute atomic E-state index is 0.199. The van der Waals surface area contributed by atoms with Crippen molar-refractivity contribution in [3.8, 4) is 11.3 Å². The van der Waals surface area contributed by atoms with Gasteiger partial charge in [-0.1, -0.05) is 23.8 Å². The summed E-state index contributed by atoms with van der Waals surface area (Å²) in [7, 11) is 1.86. The first-order chi connectivity index (χ1) is 12.0. The molecule has 0 fully saturated rings. The zero-order chi connectivity index (χ0) is 18.0. The molecule has 0 aliphatic heterocycles. The fraction of sp³-hybridized carbons (Fsp3) is 0.250. The molecule has 3 aromatic rings. The molecule has 0 bridgehead atoms. The van der Waals surface area contributed by atoms with Gasteiger partial charge in [-0.05, 0) is 50.1 Å². The topological polar surface area (TPSA) is 59.8 Å². The molecule has 0 saturated carbocycles. The number of hydrogen-bond acceptors (Lipinski definition) is 3. The summed E-state index contributed by atoms with van der Waals surface area (Å²) < 4.78 is 1.76. The Morgan fingerprint density at radius 1 is 1.12 bits per heavy atom. The van der Waals surface area contributed by atoms with Crippen LogP contribution in [0.5, 0.6) is 0 Å². The molecule has 1 amide bonds. The van der Waals surface area contributed by atoms with Gasteiger partial charge in [-0.15, -0.1) is 0 Å². The number of nitrogens with zero attached hydrogens (tertiary/aromatic N) is 3. The molecule has 0 unspecified atom stereocenters. The van der Waals surface area contributed by atoms with Gasteiger partial charge in [0.15, 0.2) is 5.69 Å². The monoisotopic (exact) mass is 334 g/mol. The number of pyridine rings is 1. The van der Waals surface area contributed by atoms with Crippen LogP contribution in [0.15, 0.2) is 42.6 Å². The molecule has 3 rings (SSSR count). The highest BCUT2D eigenvalue weighted by Crippen LogP contribution is 2.28. The molecule has 0 aliphatic carbocycles. The van der Waals surface area contributed by atoms with Crippen molar-refractivity contribution in [1.82, 2.24) is 20.1 Å². The fourth-order valence-corrected chi connectivity index (χ4v) is 3.16. The van der Waals surface area contributed by atoms with E-state index in [1.165, 1.54) is 16.7 Å². The second-order valence-electron chi connectivity index (χ2n) is 6.32. The summed E-state index contributed by atoms with van der Waals surface area (Å²) >= 11 is 0. The summed E-state index contributed by atoms with van der Waals surface area (Å²) in [6.07, 6.45) is 1.71. The molecule has 2 aromatic heterocycles. The Labute approximate surface area is 147 Å². The third-order valence-electron chi connectivity index (χ3n) is 4.20. The number of aromatic nitrogens is 3. The van der Waals surface area contributed by atoms with Crippen LogP contribution in [-0.4, -0.2) is 20.7 Å². The van der Waals surface area contributed by atoms with E-state index in [-0.39, 0.29) is 5.91 Å². The minimum atomic E-state index is -0.199. The highest BCUT2D eigenvalue weighted by Gasteiger charge is 2.16. The first-order valence-corrected chi connectivity index (χ1v) is 8.26. The van der Waals surface area contributed by atoms with E-state index in [1.54, 1.807) is 10.9 Å². The zero-order valence-corrected chi connectivity index (χ0v) is 15.0. The molecule has 0 radical (unpaired) electrons. The van der Waals surface area contributed by atoms with Crippen molar-refractivity contribution in [2.24, 2.45) is 7.05 Å². The van der Waals surface area contributed by atoms with Crippen molar-refractivity contribution in [3.63, 3.8) is 0 Å². The molecular weight excluding hydrogens is 312 g/mol. The minimum Gasteiger partial charge on any atom is -0.345 e. The van der Waals surface area contributed by atoms with Crippen LogP contribution in [0.25, 0.3) is 11.3 Å². The van der Waals surface area contributed by atoms with Gasteiger partial charge in [0.25, 0.3) is 5.91 Å². The van der Waals surface area contributed by atoms with Gasteiger partial charge in [0.05, 0.1) is 17.9 Å². The standard InChI is InChI=1S/C20H22N4O/c1-13-9-14(2)19(15(3)10-13)18-11-17(23-24(18)4)20(25)22-12-16-7-5-6-8-21-16/h5-11H,12H2,1-4H3,(H,22,25). The van der Waals surface area contributed by atoms with Gasteiger partial charge >= 0.3 is 0 Å². The average Bonchev–Trinajstić information content (AvgIpc) is 2.94. The van der Waals surface area contributed by atoms with Crippen LogP contribution < -0.4 is 5.32 Å². The Morgan fingerprint density at radius 3 is 2.48 bits per heavy atom. The molecule has 0 spiro atoms. The number of aryl methyl sites for hydroxylation is 4. The van der Waals surface area contributed by atoms with Crippen molar-refractivity contribution in [3.05, 3.63) is 70.7 Å². The fourth-order valence-electron chi connectivity index (χ4n) is 3.16. The van der Waals surface area contributed by atoms with E-state index in [0.717, 1.165) is 17.0 Å². The number of benzene rings is 1. The van der Waals surface area contributed by atoms with Gasteiger partial charge in [-0.25, -0.2) is 0 Å². The van der Waals surface area contributed by atoms with Gasteiger partial charge < -0.3 is 5.32 Å². The molecule has 128 valence electrons. The molecule has 1 aromatic carbocycles. The number of rotatable bonds is 4. The Balaban J connectivity index is 1.84. The van der Waals surface area contributed by atoms with E-state index in [9.17, 15) is 4.79 Å². The second-order valence-corrected chi connectivity index (χ2v) is 6.32. The summed E-state index contributed by atoms with van der Waals surface area (Å²) in [6, 6.07) is 11.8. The van der Waals surface area contributed by atoms with E-state index in [0.29, 0.717) is 12.2 Å². The number of nitrogens with one attached hydrogen (secondary N) is 1. The lowest BCUT2D eigenvalue weighted by Gasteiger charge is -2.11. The molecular formula is C20H22N4O. The van der Waals surface area contributed by atoms with Crippen LogP contribution in [0.3, 0.4) is 0 Å². The predicted molar refractivity (Wildman–Crippen MR) is 98.3 cm³/mol. The number of amides is 1. The van der Waals surface area contributed by atoms with Gasteiger partial charge in [-0.3, -0.25) is 14.5 Å². The molecule has 5 heteroatoms. The van der Waals surface area contributed by atoms with Crippen LogP contribution in [0.2, 0.25) is 0 Å². The van der Waals surface area contributed by atoms with E-state index in [4.69, 9.17) is 0 Å². The van der Waals surface area contributed by atoms with Gasteiger partial charge in [0.1, 0.15) is 0 Å². The summed E-state index contributed by atoms with van der Waals surface area (Å²) in [5, 5.41) is 7.26. The smallest absolute Gasteiger partial charge is 0.272 e. The summed E-state index contributed by atoms with van der Waals surface area (Å²) in [6.45, 7) is 6.64. The quantitative estimate of drug-likeness (QED) is 0.796. The highest BCUT2D eigenvalue weighted by molar-refractivity contribution is 5.93. The maximum absolute atomic E-state index is 12.4. The Hall–Kier alpha value is -2.95. The molecule has 2 heterocycles. The van der Waals surface area contributed by atoms with Crippen LogP contribution in [0, 0.1) is 20.8 Å². The van der Waals surface area contributed by atoms with Crippen LogP contribution in [0.1, 0.15) is 32.9 Å². The van der Waals surface area contributed by atoms with Crippen molar-refractivity contribution in [2.75, 3.05) is 0 Å². The van der Waals surface area contributed by atoms with E-state index in [1.807, 2.05) is 31.3 Å². The third-order valence-corrected chi connectivity index (χ3v) is 4.20. The third kappa shape index (κ3) is 3.60. The normalized spacial score (nSPS) is 10.7. The predicted octanol–water partition coefficient (Wildman–Crippen LogP) is 3.34. The summed E-state index contributed by atoms with van der Waals surface area (Å²) in [5.74, 6) is -0.199. The van der Waals surface area contributed by atoms with Crippen LogP contribution in [-0.2, 0) is 13.6 Å². The van der Waals surface area contributed by atoms with Crippen molar-refractivity contribution in [1.29, 1.82) is 0 Å². The largest absolute Gasteiger partial charge is 0.345 e. The zero-order valence-electron chi connectivity index (χ0n) is 15.0. The molecule has 0 saturated heterocycles. The van der Waals surface area contributed by atoms with Crippen LogP contribution >= 0.6 is 0 Å². The molecule has 5 nitrogen and oxygen atoms in total. The lowest BCUT2D eigenvalue weighted by atomic mass is 9.97. The van der Waals surface area contributed by atoms with Gasteiger partial charge in [0, 0.05) is 18.8 Å². The maximum Gasteiger partial charge on any atom is 0.272 e. The Morgan fingerprint density at radius 2 is 1.84 bits per heavy atom. The highest BCUT2D eigenvalue weighted by atomic mass is 16.1. The van der Waals surface area contributed by atoms with E-state index in [2.05, 4.69) is 48.3 Å². The molecule has 0 atom stereocenters. The Kier molecular flexibility index (Phi) is 4.65. The first kappa shape index (κ1) is 16.9. The lowest BCUT2D eigenvalue weighted by molar-refractivity contribution is 0.0944. The lowest BCUT2D eigenvalue weighted by Crippen LogP contribution is -2.23. The average molecular weight is 334 g/mol. The van der Waals surface area contributed by atoms with Gasteiger partial charge in [-0.2, -0.15) is 5.10 Å². The Bertz CT molecular complexity index is 890. The van der Waals surface area contributed by atoms with Crippen molar-refractivity contribution >= 4 is 5.91 Å². The number of hydrogen-bond donors (Lipinski definition) is 1. The van der Waals surface area contributed by atoms with E-state index < -0.39 is 0 Å². The van der Waals surface area contributed by atoms with Crippen molar-refractivity contribution in [2.45, 2.75) is 27.3 Å². The molecule has 1 N–H and O–H groups in total. The first-order valence-electron chi connectivity index (χ1n) is 8.26. The summed E-state index contributed by atoms with van der Waals surface area (Å²) in [4.78, 5) is 16.6. The molecule has 25 heavy (non-hydrogen) atoms. The van der Waals surface area contributed by atoms with E-state index >= 15 is 0 Å². The number of carbonyl (C=O) groups is 1. The van der Waals surface area contributed by atoms with Gasteiger partial charge in [0.2, 0.25) is 0 Å². The number of carbonyl (C=O) groups excluding carboxylic acids is 1. The van der Waals surface area contributed by atoms with Crippen LogP contribution in [0.4, 0.5) is 0 Å². The maximum atomic E-state index is 12.4.